The Morgan fingerprint density at radius 3 is 1.17 bits per heavy atom. The fraction of sp³-hybridized carbons (Fsp3) is 0.200. The van der Waals surface area contributed by atoms with Gasteiger partial charge in [-0.05, 0) is 99.2 Å². The van der Waals surface area contributed by atoms with Crippen molar-refractivity contribution in [2.45, 2.75) is 41.5 Å². The van der Waals surface area contributed by atoms with Crippen LogP contribution in [-0.4, -0.2) is 0 Å². The van der Waals surface area contributed by atoms with Gasteiger partial charge in [-0.3, -0.25) is 0 Å². The second kappa shape index (κ2) is 11.8. The van der Waals surface area contributed by atoms with E-state index in [2.05, 4.69) is 53.7 Å². The Labute approximate surface area is 217 Å². The average molecular weight is 519 g/mol. The molecule has 0 aliphatic heterocycles. The van der Waals surface area contributed by atoms with Gasteiger partial charge in [0.05, 0.1) is 0 Å². The van der Waals surface area contributed by atoms with Gasteiger partial charge in [0.2, 0.25) is 0 Å². The molecule has 6 heteroatoms. The molecule has 4 aromatic rings. The van der Waals surface area contributed by atoms with Crippen LogP contribution in [0, 0.1) is 41.5 Å². The molecule has 2 unspecified atom stereocenters. The van der Waals surface area contributed by atoms with Crippen molar-refractivity contribution in [2.75, 3.05) is 0 Å². The number of hydrogen-bond donors (Lipinski definition) is 0. The molecule has 0 saturated heterocycles. The minimum Gasteiger partial charge on any atom is -0.441 e. The summed E-state index contributed by atoms with van der Waals surface area (Å²) >= 11 is 0. The summed E-state index contributed by atoms with van der Waals surface area (Å²) < 4.78 is 24.5. The second-order valence-corrected chi connectivity index (χ2v) is 10.0. The molecule has 0 aliphatic rings. The summed E-state index contributed by atoms with van der Waals surface area (Å²) in [6.07, 6.45) is 0. The van der Waals surface area contributed by atoms with Gasteiger partial charge in [0, 0.05) is 11.1 Å². The molecule has 0 aliphatic carbocycles. The zero-order chi connectivity index (χ0) is 25.7. The first-order chi connectivity index (χ1) is 17.4. The molecule has 4 nitrogen and oxygen atoms in total. The molecular weight excluding hydrogens is 486 g/mol. The third-order valence-corrected chi connectivity index (χ3v) is 7.53. The standard InChI is InChI=1S/C30H32O4P2/c1-19-17-21(3)29(33-35-31-25-13-9-7-10-14-25)27(23(19)5)28-24(6)20(2)18-22(4)30(28)34-36-32-26-15-11-8-12-16-26/h7-18,35-36H,1-6H3. The van der Waals surface area contributed by atoms with Gasteiger partial charge in [0.25, 0.3) is 18.1 Å². The lowest BCUT2D eigenvalue weighted by Crippen LogP contribution is -2.02. The van der Waals surface area contributed by atoms with Crippen LogP contribution in [0.4, 0.5) is 0 Å². The number of para-hydroxylation sites is 2. The molecule has 0 heterocycles. The smallest absolute Gasteiger partial charge is 0.275 e. The highest BCUT2D eigenvalue weighted by Gasteiger charge is 2.23. The molecule has 0 fully saturated rings. The average Bonchev–Trinajstić information content (AvgIpc) is 2.87. The second-order valence-electron chi connectivity index (χ2n) is 8.88. The molecule has 2 atom stereocenters. The monoisotopic (exact) mass is 518 g/mol. The third kappa shape index (κ3) is 5.84. The molecule has 0 bridgehead atoms. The molecule has 36 heavy (non-hydrogen) atoms. The maximum Gasteiger partial charge on any atom is 0.275 e. The summed E-state index contributed by atoms with van der Waals surface area (Å²) in [6, 6.07) is 23.8. The Morgan fingerprint density at radius 1 is 0.444 bits per heavy atom. The quantitative estimate of drug-likeness (QED) is 0.207. The lowest BCUT2D eigenvalue weighted by Gasteiger charge is -2.24. The fourth-order valence-corrected chi connectivity index (χ4v) is 5.43. The molecular formula is C30H32O4P2. The van der Waals surface area contributed by atoms with Gasteiger partial charge in [-0.1, -0.05) is 48.5 Å². The van der Waals surface area contributed by atoms with E-state index in [0.29, 0.717) is 0 Å². The van der Waals surface area contributed by atoms with E-state index >= 15 is 0 Å². The van der Waals surface area contributed by atoms with Crippen molar-refractivity contribution >= 4 is 18.1 Å². The SMILES string of the molecule is Cc1cc(C)c(OPOc2ccccc2)c(-c2c(C)c(C)cc(C)c2OPOc2ccccc2)c1C. The van der Waals surface area contributed by atoms with Gasteiger partial charge < -0.3 is 18.1 Å². The first-order valence-electron chi connectivity index (χ1n) is 11.9. The van der Waals surface area contributed by atoms with Gasteiger partial charge in [0.15, 0.2) is 0 Å². The molecule has 0 N–H and O–H groups in total. The van der Waals surface area contributed by atoms with E-state index in [4.69, 9.17) is 18.1 Å². The highest BCUT2D eigenvalue weighted by Crippen LogP contribution is 2.48. The summed E-state index contributed by atoms with van der Waals surface area (Å²) in [5.41, 5.74) is 8.93. The van der Waals surface area contributed by atoms with E-state index in [1.54, 1.807) is 0 Å². The van der Waals surface area contributed by atoms with E-state index in [-0.39, 0.29) is 18.1 Å². The number of benzene rings is 4. The zero-order valence-corrected chi connectivity index (χ0v) is 23.6. The Bertz CT molecular complexity index is 1230. The van der Waals surface area contributed by atoms with Crippen LogP contribution in [0.3, 0.4) is 0 Å². The summed E-state index contributed by atoms with van der Waals surface area (Å²) in [5, 5.41) is 0. The summed E-state index contributed by atoms with van der Waals surface area (Å²) in [6.45, 7) is 12.7. The minimum absolute atomic E-state index is 0.176. The van der Waals surface area contributed by atoms with E-state index < -0.39 is 0 Å². The van der Waals surface area contributed by atoms with Crippen molar-refractivity contribution in [3.63, 3.8) is 0 Å². The largest absolute Gasteiger partial charge is 0.441 e. The first-order valence-corrected chi connectivity index (χ1v) is 13.5. The van der Waals surface area contributed by atoms with Crippen molar-refractivity contribution in [1.29, 1.82) is 0 Å². The predicted octanol–water partition coefficient (Wildman–Crippen LogP) is 9.14. The molecule has 0 saturated carbocycles. The molecule has 186 valence electrons. The van der Waals surface area contributed by atoms with Crippen LogP contribution in [0.5, 0.6) is 23.0 Å². The lowest BCUT2D eigenvalue weighted by molar-refractivity contribution is 0.509. The van der Waals surface area contributed by atoms with Crippen LogP contribution in [0.15, 0.2) is 72.8 Å². The topological polar surface area (TPSA) is 36.9 Å². The Kier molecular flexibility index (Phi) is 8.52. The van der Waals surface area contributed by atoms with E-state index in [1.807, 2.05) is 60.7 Å². The first kappa shape index (κ1) is 26.0. The fourth-order valence-electron chi connectivity index (χ4n) is 4.19. The molecule has 4 aromatic carbocycles. The maximum atomic E-state index is 6.35. The number of aryl methyl sites for hydroxylation is 4. The number of hydrogen-bond acceptors (Lipinski definition) is 4. The van der Waals surface area contributed by atoms with Crippen molar-refractivity contribution in [3.8, 4) is 34.1 Å². The van der Waals surface area contributed by atoms with Crippen LogP contribution in [-0.2, 0) is 0 Å². The minimum atomic E-state index is -0.176. The van der Waals surface area contributed by atoms with Crippen LogP contribution < -0.4 is 18.1 Å². The Hall–Kier alpha value is -3.06. The highest BCUT2D eigenvalue weighted by molar-refractivity contribution is 7.27. The predicted molar refractivity (Wildman–Crippen MR) is 152 cm³/mol. The van der Waals surface area contributed by atoms with Crippen molar-refractivity contribution in [2.24, 2.45) is 0 Å². The number of rotatable bonds is 9. The van der Waals surface area contributed by atoms with Gasteiger partial charge in [-0.2, -0.15) is 0 Å². The maximum absolute atomic E-state index is 6.35. The Balaban J connectivity index is 1.73. The van der Waals surface area contributed by atoms with Crippen molar-refractivity contribution in [3.05, 3.63) is 106 Å². The van der Waals surface area contributed by atoms with Crippen LogP contribution >= 0.6 is 18.1 Å². The third-order valence-electron chi connectivity index (χ3n) is 6.31. The van der Waals surface area contributed by atoms with Crippen LogP contribution in [0.2, 0.25) is 0 Å². The molecule has 0 aromatic heterocycles. The molecule has 4 rings (SSSR count). The van der Waals surface area contributed by atoms with E-state index in [1.165, 1.54) is 11.1 Å². The zero-order valence-electron chi connectivity index (χ0n) is 21.6. The Morgan fingerprint density at radius 2 is 0.806 bits per heavy atom. The van der Waals surface area contributed by atoms with Crippen molar-refractivity contribution < 1.29 is 18.1 Å². The van der Waals surface area contributed by atoms with Crippen LogP contribution in [0.1, 0.15) is 33.4 Å². The van der Waals surface area contributed by atoms with Crippen molar-refractivity contribution in [1.82, 2.24) is 0 Å². The van der Waals surface area contributed by atoms with Gasteiger partial charge in [-0.15, -0.1) is 0 Å². The summed E-state index contributed by atoms with van der Waals surface area (Å²) in [4.78, 5) is 0. The lowest BCUT2D eigenvalue weighted by atomic mass is 9.87. The molecule has 0 amide bonds. The van der Waals surface area contributed by atoms with E-state index in [9.17, 15) is 0 Å². The van der Waals surface area contributed by atoms with Gasteiger partial charge >= 0.3 is 0 Å². The van der Waals surface area contributed by atoms with E-state index in [0.717, 1.165) is 56.4 Å². The molecule has 0 spiro atoms. The summed E-state index contributed by atoms with van der Waals surface area (Å²) in [7, 11) is -0.351. The van der Waals surface area contributed by atoms with Gasteiger partial charge in [-0.25, -0.2) is 0 Å². The molecule has 0 radical (unpaired) electrons. The normalized spacial score (nSPS) is 11.4. The summed E-state index contributed by atoms with van der Waals surface area (Å²) in [5.74, 6) is 3.20. The van der Waals surface area contributed by atoms with Crippen LogP contribution in [0.25, 0.3) is 11.1 Å². The highest BCUT2D eigenvalue weighted by atomic mass is 31.1. The van der Waals surface area contributed by atoms with Gasteiger partial charge in [0.1, 0.15) is 23.0 Å².